The largest absolute Gasteiger partial charge is 0.477 e. The molecule has 0 saturated carbocycles. The van der Waals surface area contributed by atoms with E-state index in [0.717, 1.165) is 12.8 Å². The monoisotopic (exact) mass is 296 g/mol. The molecular weight excluding hydrogens is 285 g/mol. The number of hydrogen-bond acceptors (Lipinski definition) is 5. The second-order valence-corrected chi connectivity index (χ2v) is 5.01. The maximum absolute atomic E-state index is 12.6. The van der Waals surface area contributed by atoms with E-state index in [1.165, 1.54) is 0 Å². The number of carbonyl (C=O) groups is 1. The Morgan fingerprint density at radius 3 is 2.79 bits per heavy atom. The Hall–Kier alpha value is -1.35. The van der Waals surface area contributed by atoms with Crippen LogP contribution in [0.5, 0.6) is 0 Å². The molecule has 2 N–H and O–H groups in total. The molecule has 9 heteroatoms. The number of carboxylic acids is 1. The average Bonchev–Trinajstić information content (AvgIpc) is 2.94. The Bertz CT molecular complexity index is 469. The van der Waals surface area contributed by atoms with Crippen LogP contribution in [-0.4, -0.2) is 35.3 Å². The molecule has 1 saturated heterocycles. The molecule has 1 aliphatic rings. The molecular formula is C10H11F3N2O3S. The number of nitrogens with one attached hydrogen (secondary N) is 1. The molecule has 0 amide bonds. The second kappa shape index (κ2) is 5.33. The summed E-state index contributed by atoms with van der Waals surface area (Å²) in [6.45, 7) is 0.961. The van der Waals surface area contributed by atoms with Gasteiger partial charge in [0.25, 0.3) is 0 Å². The van der Waals surface area contributed by atoms with Gasteiger partial charge in [-0.15, -0.1) is 0 Å². The quantitative estimate of drug-likeness (QED) is 0.893. The van der Waals surface area contributed by atoms with Crippen molar-refractivity contribution in [1.82, 2.24) is 4.98 Å². The van der Waals surface area contributed by atoms with Crippen molar-refractivity contribution >= 4 is 22.4 Å². The van der Waals surface area contributed by atoms with Crippen LogP contribution in [0.3, 0.4) is 0 Å². The Kier molecular flexibility index (Phi) is 3.95. The number of thiazole rings is 1. The number of rotatable bonds is 4. The normalized spacial score (nSPS) is 19.6. The summed E-state index contributed by atoms with van der Waals surface area (Å²) in [7, 11) is 0. The minimum atomic E-state index is -4.77. The minimum absolute atomic E-state index is 0.0553. The number of aromatic nitrogens is 1. The smallest absolute Gasteiger partial charge is 0.435 e. The van der Waals surface area contributed by atoms with Crippen molar-refractivity contribution < 1.29 is 27.8 Å². The van der Waals surface area contributed by atoms with Gasteiger partial charge in [0.05, 0.1) is 6.10 Å². The molecule has 1 aliphatic heterocycles. The van der Waals surface area contributed by atoms with Gasteiger partial charge in [0.2, 0.25) is 0 Å². The number of alkyl halides is 3. The predicted octanol–water partition coefficient (Wildman–Crippen LogP) is 2.45. The lowest BCUT2D eigenvalue weighted by atomic mass is 10.2. The molecule has 2 rings (SSSR count). The fourth-order valence-corrected chi connectivity index (χ4v) is 2.57. The van der Waals surface area contributed by atoms with E-state index in [1.807, 2.05) is 0 Å². The summed E-state index contributed by atoms with van der Waals surface area (Å²) < 4.78 is 43.1. The number of aromatic carboxylic acids is 1. The summed E-state index contributed by atoms with van der Waals surface area (Å²) in [6, 6.07) is 0. The predicted molar refractivity (Wildman–Crippen MR) is 61.5 cm³/mol. The number of halogens is 3. The van der Waals surface area contributed by atoms with Crippen LogP contribution in [0.1, 0.15) is 28.2 Å². The van der Waals surface area contributed by atoms with Crippen LogP contribution in [-0.2, 0) is 10.9 Å². The van der Waals surface area contributed by atoms with Crippen molar-refractivity contribution in [3.05, 3.63) is 10.6 Å². The Morgan fingerprint density at radius 2 is 2.32 bits per heavy atom. The Balaban J connectivity index is 2.11. The van der Waals surface area contributed by atoms with Gasteiger partial charge in [0.15, 0.2) is 10.8 Å². The third kappa shape index (κ3) is 3.35. The second-order valence-electron chi connectivity index (χ2n) is 4.02. The third-order valence-electron chi connectivity index (χ3n) is 2.59. The summed E-state index contributed by atoms with van der Waals surface area (Å²) in [5, 5.41) is 11.4. The maximum atomic E-state index is 12.6. The summed E-state index contributed by atoms with van der Waals surface area (Å²) in [5.74, 6) is -1.63. The number of nitrogens with zero attached hydrogens (tertiary/aromatic N) is 1. The van der Waals surface area contributed by atoms with Crippen molar-refractivity contribution in [3.8, 4) is 0 Å². The van der Waals surface area contributed by atoms with Crippen LogP contribution in [0.4, 0.5) is 18.3 Å². The van der Waals surface area contributed by atoms with Gasteiger partial charge >= 0.3 is 12.1 Å². The molecule has 0 aromatic carbocycles. The highest BCUT2D eigenvalue weighted by Crippen LogP contribution is 2.36. The van der Waals surface area contributed by atoms with E-state index < -0.39 is 22.7 Å². The molecule has 0 unspecified atom stereocenters. The number of hydrogen-bond donors (Lipinski definition) is 2. The molecule has 106 valence electrons. The van der Waals surface area contributed by atoms with Crippen LogP contribution < -0.4 is 5.32 Å². The molecule has 19 heavy (non-hydrogen) atoms. The van der Waals surface area contributed by atoms with E-state index in [4.69, 9.17) is 9.84 Å². The van der Waals surface area contributed by atoms with E-state index in [0.29, 0.717) is 24.5 Å². The summed E-state index contributed by atoms with van der Waals surface area (Å²) in [5.41, 5.74) is -1.36. The van der Waals surface area contributed by atoms with Gasteiger partial charge in [0.1, 0.15) is 4.88 Å². The van der Waals surface area contributed by atoms with Gasteiger partial charge in [-0.3, -0.25) is 0 Å². The van der Waals surface area contributed by atoms with Crippen molar-refractivity contribution in [2.24, 2.45) is 0 Å². The highest BCUT2D eigenvalue weighted by molar-refractivity contribution is 7.17. The maximum Gasteiger partial charge on any atom is 0.435 e. The number of anilines is 1. The lowest BCUT2D eigenvalue weighted by Crippen LogP contribution is -2.18. The molecule has 0 spiro atoms. The Morgan fingerprint density at radius 1 is 1.58 bits per heavy atom. The fourth-order valence-electron chi connectivity index (χ4n) is 1.74. The van der Waals surface area contributed by atoms with Crippen molar-refractivity contribution in [3.63, 3.8) is 0 Å². The highest BCUT2D eigenvalue weighted by Gasteiger charge is 2.39. The van der Waals surface area contributed by atoms with Crippen LogP contribution in [0.15, 0.2) is 0 Å². The number of carboxylic acid groups (broad SMARTS) is 1. The summed E-state index contributed by atoms with van der Waals surface area (Å²) in [4.78, 5) is 13.3. The zero-order valence-electron chi connectivity index (χ0n) is 9.66. The van der Waals surface area contributed by atoms with Gasteiger partial charge in [-0.2, -0.15) is 13.2 Å². The first-order chi connectivity index (χ1) is 8.88. The van der Waals surface area contributed by atoms with Crippen LogP contribution in [0.25, 0.3) is 0 Å². The third-order valence-corrected chi connectivity index (χ3v) is 3.60. The van der Waals surface area contributed by atoms with Crippen molar-refractivity contribution in [1.29, 1.82) is 0 Å². The molecule has 2 heterocycles. The molecule has 0 aliphatic carbocycles. The molecule has 5 nitrogen and oxygen atoms in total. The summed E-state index contributed by atoms with van der Waals surface area (Å²) in [6.07, 6.45) is -3.09. The molecule has 0 radical (unpaired) electrons. The number of ether oxygens (including phenoxy) is 1. The van der Waals surface area contributed by atoms with Crippen LogP contribution in [0.2, 0.25) is 0 Å². The van der Waals surface area contributed by atoms with Crippen molar-refractivity contribution in [2.45, 2.75) is 25.1 Å². The average molecular weight is 296 g/mol. The molecule has 1 fully saturated rings. The first-order valence-corrected chi connectivity index (χ1v) is 6.36. The van der Waals surface area contributed by atoms with Gasteiger partial charge in [-0.05, 0) is 12.8 Å². The van der Waals surface area contributed by atoms with Gasteiger partial charge in [-0.25, -0.2) is 9.78 Å². The van der Waals surface area contributed by atoms with Gasteiger partial charge < -0.3 is 15.2 Å². The minimum Gasteiger partial charge on any atom is -0.477 e. The van der Waals surface area contributed by atoms with E-state index in [9.17, 15) is 18.0 Å². The lowest BCUT2D eigenvalue weighted by Gasteiger charge is -2.09. The molecule has 1 atom stereocenters. The first-order valence-electron chi connectivity index (χ1n) is 5.54. The zero-order chi connectivity index (χ0) is 14.0. The van der Waals surface area contributed by atoms with E-state index >= 15 is 0 Å². The SMILES string of the molecule is O=C(O)c1sc(NC[C@H]2CCCO2)nc1C(F)(F)F. The van der Waals surface area contributed by atoms with E-state index in [1.54, 1.807) is 0 Å². The first kappa shape index (κ1) is 14.1. The molecule has 0 bridgehead atoms. The zero-order valence-corrected chi connectivity index (χ0v) is 10.5. The van der Waals surface area contributed by atoms with E-state index in [-0.39, 0.29) is 11.2 Å². The summed E-state index contributed by atoms with van der Waals surface area (Å²) >= 11 is 0.481. The fraction of sp³-hybridized carbons (Fsp3) is 0.600. The molecule has 1 aromatic heterocycles. The van der Waals surface area contributed by atoms with Crippen LogP contribution >= 0.6 is 11.3 Å². The van der Waals surface area contributed by atoms with Crippen LogP contribution in [0, 0.1) is 0 Å². The van der Waals surface area contributed by atoms with Gasteiger partial charge in [-0.1, -0.05) is 11.3 Å². The highest BCUT2D eigenvalue weighted by atomic mass is 32.1. The topological polar surface area (TPSA) is 71.5 Å². The van der Waals surface area contributed by atoms with Crippen molar-refractivity contribution in [2.75, 3.05) is 18.5 Å². The van der Waals surface area contributed by atoms with E-state index in [2.05, 4.69) is 10.3 Å². The Labute approximate surface area is 110 Å². The standard InChI is InChI=1S/C10H11F3N2O3S/c11-10(12,13)7-6(8(16)17)19-9(15-7)14-4-5-2-1-3-18-5/h5H,1-4H2,(H,14,15)(H,16,17)/t5-/m1/s1. The molecule has 1 aromatic rings. The van der Waals surface area contributed by atoms with Gasteiger partial charge in [0, 0.05) is 13.2 Å². The lowest BCUT2D eigenvalue weighted by molar-refractivity contribution is -0.141.